The molecule has 8 heteroatoms. The van der Waals surface area contributed by atoms with Crippen molar-refractivity contribution in [3.8, 4) is 39.9 Å². The molecule has 0 fully saturated rings. The first-order valence-electron chi connectivity index (χ1n) is 16.9. The van der Waals surface area contributed by atoms with Crippen molar-refractivity contribution in [2.45, 2.75) is 78.2 Å². The van der Waals surface area contributed by atoms with Crippen LogP contribution in [0.2, 0.25) is 0 Å². The minimum atomic E-state index is -2.87. The van der Waals surface area contributed by atoms with Crippen molar-refractivity contribution < 1.29 is 23.0 Å². The Bertz CT molecular complexity index is 1740. The summed E-state index contributed by atoms with van der Waals surface area (Å²) < 4.78 is 44.4. The van der Waals surface area contributed by atoms with E-state index in [1.165, 1.54) is 5.69 Å². The molecular weight excluding hydrogens is 608 g/mol. The van der Waals surface area contributed by atoms with Crippen LogP contribution in [-0.2, 0) is 19.6 Å². The van der Waals surface area contributed by atoms with Crippen molar-refractivity contribution in [2.75, 3.05) is 6.79 Å². The lowest BCUT2D eigenvalue weighted by molar-refractivity contribution is -0.0498. The number of imidazole rings is 1. The Labute approximate surface area is 281 Å². The normalized spacial score (nSPS) is 13.0. The summed E-state index contributed by atoms with van der Waals surface area (Å²) in [5, 5.41) is 0. The van der Waals surface area contributed by atoms with Crippen LogP contribution >= 0.6 is 0 Å². The van der Waals surface area contributed by atoms with Crippen LogP contribution in [0.5, 0.6) is 17.2 Å². The van der Waals surface area contributed by atoms with Gasteiger partial charge in [0.1, 0.15) is 11.6 Å². The molecule has 0 radical (unpaired) electrons. The molecule has 48 heavy (non-hydrogen) atoms. The molecule has 5 aromatic rings. The second kappa shape index (κ2) is 15.9. The van der Waals surface area contributed by atoms with E-state index in [1.807, 2.05) is 30.3 Å². The molecule has 1 unspecified atom stereocenters. The summed E-state index contributed by atoms with van der Waals surface area (Å²) in [7, 11) is 0. The van der Waals surface area contributed by atoms with Gasteiger partial charge in [-0.1, -0.05) is 112 Å². The highest BCUT2D eigenvalue weighted by Crippen LogP contribution is 2.40. The van der Waals surface area contributed by atoms with Gasteiger partial charge < -0.3 is 18.8 Å². The molecule has 1 aliphatic heterocycles. The molecule has 4 aromatic carbocycles. The van der Waals surface area contributed by atoms with E-state index >= 15 is 0 Å². The van der Waals surface area contributed by atoms with Crippen molar-refractivity contribution in [1.82, 2.24) is 14.5 Å². The topological polar surface area (TPSA) is 48.8 Å². The fourth-order valence-electron chi connectivity index (χ4n) is 6.41. The molecule has 6 nitrogen and oxygen atoms in total. The minimum Gasteiger partial charge on any atom is -0.454 e. The average Bonchev–Trinajstić information content (AvgIpc) is 3.73. The van der Waals surface area contributed by atoms with Crippen molar-refractivity contribution in [1.29, 1.82) is 0 Å². The molecule has 0 saturated heterocycles. The van der Waals surface area contributed by atoms with Gasteiger partial charge in [0.05, 0.1) is 17.4 Å². The third-order valence-electron chi connectivity index (χ3n) is 8.77. The average molecular weight is 652 g/mol. The third kappa shape index (κ3) is 7.88. The van der Waals surface area contributed by atoms with E-state index < -0.39 is 6.61 Å². The van der Waals surface area contributed by atoms with Crippen LogP contribution in [0.15, 0.2) is 103 Å². The number of nitrogens with zero attached hydrogens (tertiary/aromatic N) is 3. The van der Waals surface area contributed by atoms with Crippen molar-refractivity contribution >= 4 is 0 Å². The lowest BCUT2D eigenvalue weighted by Crippen LogP contribution is -2.30. The molecular formula is C40H43F2N3O3. The van der Waals surface area contributed by atoms with E-state index in [4.69, 9.17) is 14.5 Å². The molecule has 0 bridgehead atoms. The summed E-state index contributed by atoms with van der Waals surface area (Å²) in [6.45, 7) is 3.86. The maximum atomic E-state index is 13.0. The molecule has 1 atom stereocenters. The zero-order valence-corrected chi connectivity index (χ0v) is 27.7. The first-order chi connectivity index (χ1) is 23.5. The number of aromatic nitrogens is 2. The largest absolute Gasteiger partial charge is 0.454 e. The fraction of sp³-hybridized carbons (Fsp3) is 0.325. The number of hydrogen-bond acceptors (Lipinski definition) is 5. The van der Waals surface area contributed by atoms with Gasteiger partial charge >= 0.3 is 6.61 Å². The molecule has 6 rings (SSSR count). The number of hydrogen-bond donors (Lipinski definition) is 0. The van der Waals surface area contributed by atoms with E-state index in [2.05, 4.69) is 88.7 Å². The molecule has 0 spiro atoms. The van der Waals surface area contributed by atoms with Crippen LogP contribution in [0, 0.1) is 0 Å². The highest BCUT2D eigenvalue weighted by atomic mass is 19.3. The second-order valence-electron chi connectivity index (χ2n) is 12.2. The van der Waals surface area contributed by atoms with E-state index in [-0.39, 0.29) is 18.6 Å². The Morgan fingerprint density at radius 3 is 2.10 bits per heavy atom. The van der Waals surface area contributed by atoms with Crippen molar-refractivity contribution in [2.24, 2.45) is 0 Å². The van der Waals surface area contributed by atoms with Gasteiger partial charge in [-0.3, -0.25) is 4.90 Å². The Morgan fingerprint density at radius 1 is 0.771 bits per heavy atom. The summed E-state index contributed by atoms with van der Waals surface area (Å²) >= 11 is 0. The molecule has 0 N–H and O–H groups in total. The van der Waals surface area contributed by atoms with Crippen molar-refractivity contribution in [3.05, 3.63) is 120 Å². The van der Waals surface area contributed by atoms with Gasteiger partial charge in [0.15, 0.2) is 11.5 Å². The van der Waals surface area contributed by atoms with Crippen LogP contribution in [0.3, 0.4) is 0 Å². The Morgan fingerprint density at radius 2 is 1.42 bits per heavy atom. The van der Waals surface area contributed by atoms with Gasteiger partial charge in [-0.05, 0) is 48.2 Å². The number of unbranched alkanes of at least 4 members (excludes halogenated alkanes) is 2. The van der Waals surface area contributed by atoms with E-state index in [1.54, 1.807) is 12.1 Å². The maximum absolute atomic E-state index is 13.0. The van der Waals surface area contributed by atoms with Gasteiger partial charge in [-0.15, -0.1) is 0 Å². The van der Waals surface area contributed by atoms with Crippen LogP contribution in [0.1, 0.15) is 68.8 Å². The number of ether oxygens (including phenoxy) is 3. The Hall–Kier alpha value is -4.69. The van der Waals surface area contributed by atoms with Crippen molar-refractivity contribution in [3.63, 3.8) is 0 Å². The Balaban J connectivity index is 1.51. The standard InChI is InChI=1S/C40H43F2N3O3/c1-3-5-17-34(38-37(31-13-9-7-10-14-31)43-39(45(38)24-6-4-2)32-15-11-8-12-16-32)44(26-29-18-21-33(22-19-29)48-40(41)42)27-30-20-23-35-36(25-30)47-28-46-35/h7-16,18-23,25,34,40H,3-6,17,24,26-28H2,1-2H3. The van der Waals surface area contributed by atoms with E-state index in [9.17, 15) is 8.78 Å². The third-order valence-corrected chi connectivity index (χ3v) is 8.77. The van der Waals surface area contributed by atoms with Crippen LogP contribution < -0.4 is 14.2 Å². The van der Waals surface area contributed by atoms with E-state index in [0.717, 1.165) is 83.9 Å². The van der Waals surface area contributed by atoms with Gasteiger partial charge in [0.25, 0.3) is 0 Å². The molecule has 0 aliphatic carbocycles. The summed E-state index contributed by atoms with van der Waals surface area (Å²) in [5.41, 5.74) is 6.45. The first-order valence-corrected chi connectivity index (χ1v) is 16.9. The maximum Gasteiger partial charge on any atom is 0.387 e. The first kappa shape index (κ1) is 33.2. The molecule has 1 aliphatic rings. The SMILES string of the molecule is CCCCC(c1c(-c2ccccc2)nc(-c2ccccc2)n1CCCC)N(Cc1ccc(OC(F)F)cc1)Cc1ccc2c(c1)OCO2. The lowest BCUT2D eigenvalue weighted by Gasteiger charge is -2.34. The number of rotatable bonds is 16. The summed E-state index contributed by atoms with van der Waals surface area (Å²) in [6, 6.07) is 34.0. The lowest BCUT2D eigenvalue weighted by atomic mass is 9.97. The predicted molar refractivity (Wildman–Crippen MR) is 185 cm³/mol. The van der Waals surface area contributed by atoms with Gasteiger partial charge in [-0.2, -0.15) is 8.78 Å². The molecule has 1 aromatic heterocycles. The predicted octanol–water partition coefficient (Wildman–Crippen LogP) is 10.3. The van der Waals surface area contributed by atoms with Crippen LogP contribution in [-0.4, -0.2) is 27.9 Å². The van der Waals surface area contributed by atoms with E-state index in [0.29, 0.717) is 13.1 Å². The van der Waals surface area contributed by atoms with Gasteiger partial charge in [0, 0.05) is 30.8 Å². The molecule has 2 heterocycles. The van der Waals surface area contributed by atoms with Crippen LogP contribution in [0.25, 0.3) is 22.6 Å². The van der Waals surface area contributed by atoms with Gasteiger partial charge in [-0.25, -0.2) is 4.98 Å². The molecule has 250 valence electrons. The molecule has 0 saturated carbocycles. The Kier molecular flexibility index (Phi) is 11.0. The summed E-state index contributed by atoms with van der Waals surface area (Å²) in [5.74, 6) is 2.61. The van der Waals surface area contributed by atoms with Gasteiger partial charge in [0.2, 0.25) is 6.79 Å². The highest BCUT2D eigenvalue weighted by molar-refractivity contribution is 5.69. The number of fused-ring (bicyclic) bond motifs is 1. The number of alkyl halides is 2. The highest BCUT2D eigenvalue weighted by Gasteiger charge is 2.31. The summed E-state index contributed by atoms with van der Waals surface area (Å²) in [6.07, 6.45) is 5.06. The second-order valence-corrected chi connectivity index (χ2v) is 12.2. The quantitative estimate of drug-likeness (QED) is 0.106. The number of benzene rings is 4. The molecule has 0 amide bonds. The smallest absolute Gasteiger partial charge is 0.387 e. The zero-order chi connectivity index (χ0) is 33.3. The fourth-order valence-corrected chi connectivity index (χ4v) is 6.41. The zero-order valence-electron chi connectivity index (χ0n) is 27.7. The summed E-state index contributed by atoms with van der Waals surface area (Å²) in [4.78, 5) is 7.92. The minimum absolute atomic E-state index is 0.00983. The monoisotopic (exact) mass is 651 g/mol. The number of halogens is 2. The van der Waals surface area contributed by atoms with Crippen LogP contribution in [0.4, 0.5) is 8.78 Å².